The third kappa shape index (κ3) is 4.37. The third-order valence-corrected chi connectivity index (χ3v) is 1.05. The summed E-state index contributed by atoms with van der Waals surface area (Å²) in [7, 11) is 0. The average molecular weight is 138 g/mol. The molecule has 0 saturated carbocycles. The number of aliphatic hydroxyl groups excluding tert-OH is 1. The Hall–Kier alpha value is 0.210. The quantitative estimate of drug-likeness (QED) is 0.543. The van der Waals surface area contributed by atoms with Gasteiger partial charge in [0.2, 0.25) is 0 Å². The molecule has 0 rings (SSSR count). The first-order chi connectivity index (χ1) is 3.81. The van der Waals surface area contributed by atoms with Gasteiger partial charge in [0.15, 0.2) is 0 Å². The summed E-state index contributed by atoms with van der Waals surface area (Å²) in [5.74, 6) is 0.602. The number of halogens is 1. The van der Waals surface area contributed by atoms with Gasteiger partial charge in [0.25, 0.3) is 0 Å². The normalized spacial score (nSPS) is 13.9. The van der Waals surface area contributed by atoms with Crippen LogP contribution in [0.2, 0.25) is 0 Å². The van der Waals surface area contributed by atoms with E-state index in [9.17, 15) is 0 Å². The van der Waals surface area contributed by atoms with E-state index in [1.165, 1.54) is 0 Å². The van der Waals surface area contributed by atoms with Crippen LogP contribution in [0.5, 0.6) is 0 Å². The molecule has 0 bridgehead atoms. The highest BCUT2D eigenvalue weighted by molar-refractivity contribution is 6.18. The highest BCUT2D eigenvalue weighted by Crippen LogP contribution is 1.77. The zero-order valence-corrected chi connectivity index (χ0v) is 5.78. The molecule has 0 spiro atoms. The van der Waals surface area contributed by atoms with E-state index < -0.39 is 0 Å². The van der Waals surface area contributed by atoms with Gasteiger partial charge in [0.1, 0.15) is 0 Å². The summed E-state index contributed by atoms with van der Waals surface area (Å²) in [6.07, 6.45) is 0. The molecule has 0 aromatic rings. The molecule has 2 nitrogen and oxygen atoms in total. The lowest BCUT2D eigenvalue weighted by Crippen LogP contribution is -2.30. The minimum absolute atomic E-state index is 0.175. The molecule has 0 aliphatic heterocycles. The summed E-state index contributed by atoms with van der Waals surface area (Å²) in [6, 6.07) is 0.175. The van der Waals surface area contributed by atoms with E-state index in [2.05, 4.69) is 5.32 Å². The Balaban J connectivity index is 2.86. The molecule has 3 heteroatoms. The number of alkyl halides is 1. The van der Waals surface area contributed by atoms with Crippen molar-refractivity contribution in [1.82, 2.24) is 5.32 Å². The summed E-state index contributed by atoms with van der Waals surface area (Å²) < 4.78 is 0. The van der Waals surface area contributed by atoms with Gasteiger partial charge in [-0.1, -0.05) is 0 Å². The van der Waals surface area contributed by atoms with Crippen molar-refractivity contribution in [2.45, 2.75) is 13.0 Å². The van der Waals surface area contributed by atoms with Crippen LogP contribution in [-0.2, 0) is 0 Å². The molecule has 0 saturated heterocycles. The molecule has 0 fully saturated rings. The number of nitrogens with one attached hydrogen (secondary N) is 1. The summed E-state index contributed by atoms with van der Waals surface area (Å²) in [6.45, 7) is 2.85. The Morgan fingerprint density at radius 3 is 2.75 bits per heavy atom. The Morgan fingerprint density at radius 2 is 2.38 bits per heavy atom. The van der Waals surface area contributed by atoms with Gasteiger partial charge in [-0.3, -0.25) is 0 Å². The largest absolute Gasteiger partial charge is 0.395 e. The first-order valence-corrected chi connectivity index (χ1v) is 3.25. The molecule has 50 valence electrons. The lowest BCUT2D eigenvalue weighted by Gasteiger charge is -2.06. The molecule has 0 amide bonds. The van der Waals surface area contributed by atoms with Crippen molar-refractivity contribution in [3.63, 3.8) is 0 Å². The van der Waals surface area contributed by atoms with Gasteiger partial charge >= 0.3 is 0 Å². The van der Waals surface area contributed by atoms with Gasteiger partial charge < -0.3 is 10.4 Å². The topological polar surface area (TPSA) is 32.3 Å². The molecule has 0 heterocycles. The van der Waals surface area contributed by atoms with Crippen molar-refractivity contribution in [3.8, 4) is 0 Å². The molecular formula is C5H12ClNO. The lowest BCUT2D eigenvalue weighted by molar-refractivity contribution is 0.254. The second kappa shape index (κ2) is 5.35. The standard InChI is InChI=1S/C5H12ClNO/c1-5(4-8)7-3-2-6/h5,7-8H,2-4H2,1H3. The molecule has 0 aromatic heterocycles. The number of rotatable bonds is 4. The van der Waals surface area contributed by atoms with Crippen molar-refractivity contribution < 1.29 is 5.11 Å². The fourth-order valence-corrected chi connectivity index (χ4v) is 0.475. The first-order valence-electron chi connectivity index (χ1n) is 2.71. The smallest absolute Gasteiger partial charge is 0.0581 e. The molecule has 0 radical (unpaired) electrons. The Bertz CT molecular complexity index is 51.7. The van der Waals surface area contributed by atoms with Gasteiger partial charge in [0, 0.05) is 18.5 Å². The Labute approximate surface area is 54.8 Å². The zero-order chi connectivity index (χ0) is 6.41. The molecular weight excluding hydrogens is 126 g/mol. The minimum Gasteiger partial charge on any atom is -0.395 e. The Kier molecular flexibility index (Phi) is 5.49. The monoisotopic (exact) mass is 137 g/mol. The fraction of sp³-hybridized carbons (Fsp3) is 1.00. The van der Waals surface area contributed by atoms with Crippen molar-refractivity contribution in [2.24, 2.45) is 0 Å². The van der Waals surface area contributed by atoms with E-state index >= 15 is 0 Å². The van der Waals surface area contributed by atoms with Crippen LogP contribution in [-0.4, -0.2) is 30.2 Å². The average Bonchev–Trinajstić information content (AvgIpc) is 1.83. The van der Waals surface area contributed by atoms with Crippen LogP contribution in [0, 0.1) is 0 Å². The molecule has 2 N–H and O–H groups in total. The second-order valence-electron chi connectivity index (χ2n) is 1.73. The van der Waals surface area contributed by atoms with Crippen LogP contribution < -0.4 is 5.32 Å². The van der Waals surface area contributed by atoms with Gasteiger partial charge in [-0.15, -0.1) is 11.6 Å². The lowest BCUT2D eigenvalue weighted by atomic mass is 10.4. The molecule has 0 aromatic carbocycles. The fourth-order valence-electron chi connectivity index (χ4n) is 0.366. The zero-order valence-electron chi connectivity index (χ0n) is 5.02. The maximum absolute atomic E-state index is 8.46. The van der Waals surface area contributed by atoms with Crippen LogP contribution in [0.4, 0.5) is 0 Å². The highest BCUT2D eigenvalue weighted by atomic mass is 35.5. The van der Waals surface area contributed by atoms with E-state index in [4.69, 9.17) is 16.7 Å². The van der Waals surface area contributed by atoms with Crippen molar-refractivity contribution in [2.75, 3.05) is 19.0 Å². The molecule has 0 aliphatic rings. The number of aliphatic hydroxyl groups is 1. The molecule has 1 atom stereocenters. The molecule has 8 heavy (non-hydrogen) atoms. The maximum Gasteiger partial charge on any atom is 0.0581 e. The van der Waals surface area contributed by atoms with Gasteiger partial charge in [-0.05, 0) is 6.92 Å². The van der Waals surface area contributed by atoms with Crippen LogP contribution >= 0.6 is 11.6 Å². The summed E-state index contributed by atoms with van der Waals surface area (Å²) in [5.41, 5.74) is 0. The second-order valence-corrected chi connectivity index (χ2v) is 2.10. The minimum atomic E-state index is 0.175. The maximum atomic E-state index is 8.46. The first kappa shape index (κ1) is 8.21. The van der Waals surface area contributed by atoms with Crippen LogP contribution in [0.25, 0.3) is 0 Å². The molecule has 1 unspecified atom stereocenters. The predicted octanol–water partition coefficient (Wildman–Crippen LogP) is 0.196. The summed E-state index contributed by atoms with van der Waals surface area (Å²) >= 11 is 5.36. The van der Waals surface area contributed by atoms with Crippen molar-refractivity contribution in [1.29, 1.82) is 0 Å². The van der Waals surface area contributed by atoms with Gasteiger partial charge in [0.05, 0.1) is 6.61 Å². The van der Waals surface area contributed by atoms with Crippen LogP contribution in [0.3, 0.4) is 0 Å². The highest BCUT2D eigenvalue weighted by Gasteiger charge is 1.93. The van der Waals surface area contributed by atoms with Crippen LogP contribution in [0.1, 0.15) is 6.92 Å². The number of hydrogen-bond acceptors (Lipinski definition) is 2. The van der Waals surface area contributed by atoms with Crippen LogP contribution in [0.15, 0.2) is 0 Å². The van der Waals surface area contributed by atoms with E-state index in [1.54, 1.807) is 0 Å². The van der Waals surface area contributed by atoms with Crippen molar-refractivity contribution in [3.05, 3.63) is 0 Å². The predicted molar refractivity (Wildman–Crippen MR) is 35.3 cm³/mol. The number of hydrogen-bond donors (Lipinski definition) is 2. The van der Waals surface area contributed by atoms with E-state index in [0.29, 0.717) is 5.88 Å². The summed E-state index contributed by atoms with van der Waals surface area (Å²) in [5, 5.41) is 11.5. The van der Waals surface area contributed by atoms with E-state index in [1.807, 2.05) is 6.92 Å². The van der Waals surface area contributed by atoms with E-state index in [0.717, 1.165) is 6.54 Å². The van der Waals surface area contributed by atoms with Crippen molar-refractivity contribution >= 4 is 11.6 Å². The van der Waals surface area contributed by atoms with Gasteiger partial charge in [-0.25, -0.2) is 0 Å². The SMILES string of the molecule is CC(CO)NCCCl. The van der Waals surface area contributed by atoms with Gasteiger partial charge in [-0.2, -0.15) is 0 Å². The molecule has 0 aliphatic carbocycles. The summed E-state index contributed by atoms with van der Waals surface area (Å²) in [4.78, 5) is 0. The Morgan fingerprint density at radius 1 is 1.75 bits per heavy atom. The van der Waals surface area contributed by atoms with E-state index in [-0.39, 0.29) is 12.6 Å². The third-order valence-electron chi connectivity index (χ3n) is 0.861.